The van der Waals surface area contributed by atoms with Crippen molar-refractivity contribution in [1.82, 2.24) is 4.98 Å². The molecule has 0 spiro atoms. The first-order chi connectivity index (χ1) is 7.97. The van der Waals surface area contributed by atoms with Crippen LogP contribution in [-0.4, -0.2) is 11.5 Å². The number of fused-ring (bicyclic) bond motifs is 1. The molecule has 17 heavy (non-hydrogen) atoms. The fourth-order valence-electron chi connectivity index (χ4n) is 2.59. The quantitative estimate of drug-likeness (QED) is 0.833. The summed E-state index contributed by atoms with van der Waals surface area (Å²) in [7, 11) is 0. The molecule has 0 amide bonds. The van der Waals surface area contributed by atoms with Crippen LogP contribution < -0.4 is 5.73 Å². The number of hydrogen-bond donors (Lipinski definition) is 2. The van der Waals surface area contributed by atoms with Gasteiger partial charge in [0, 0.05) is 17.1 Å². The van der Waals surface area contributed by atoms with Crippen molar-refractivity contribution in [3.8, 4) is 0 Å². The predicted octanol–water partition coefficient (Wildman–Crippen LogP) is 3.41. The fourth-order valence-corrected chi connectivity index (χ4v) is 2.59. The molecule has 0 radical (unpaired) electrons. The van der Waals surface area contributed by atoms with E-state index in [1.165, 1.54) is 27.6 Å². The summed E-state index contributed by atoms with van der Waals surface area (Å²) in [5.74, 6) is 0. The van der Waals surface area contributed by atoms with E-state index in [0.717, 1.165) is 13.0 Å². The van der Waals surface area contributed by atoms with E-state index in [4.69, 9.17) is 5.73 Å². The van der Waals surface area contributed by atoms with E-state index in [9.17, 15) is 0 Å². The summed E-state index contributed by atoms with van der Waals surface area (Å²) < 4.78 is 0. The van der Waals surface area contributed by atoms with Crippen LogP contribution in [0.25, 0.3) is 10.9 Å². The van der Waals surface area contributed by atoms with Gasteiger partial charge in [-0.2, -0.15) is 0 Å². The molecule has 0 aliphatic rings. The molecule has 1 aromatic heterocycles. The second-order valence-corrected chi connectivity index (χ2v) is 5.57. The number of benzene rings is 1. The number of aromatic amines is 1. The van der Waals surface area contributed by atoms with E-state index in [1.54, 1.807) is 0 Å². The highest BCUT2D eigenvalue weighted by molar-refractivity contribution is 5.89. The monoisotopic (exact) mass is 230 g/mol. The minimum absolute atomic E-state index is 0.131. The minimum Gasteiger partial charge on any atom is -0.361 e. The highest BCUT2D eigenvalue weighted by atomic mass is 14.7. The zero-order valence-corrected chi connectivity index (χ0v) is 11.2. The molecule has 0 unspecified atom stereocenters. The van der Waals surface area contributed by atoms with Crippen molar-refractivity contribution in [3.05, 3.63) is 35.0 Å². The van der Waals surface area contributed by atoms with E-state index in [-0.39, 0.29) is 5.41 Å². The van der Waals surface area contributed by atoms with Crippen LogP contribution >= 0.6 is 0 Å². The summed E-state index contributed by atoms with van der Waals surface area (Å²) in [4.78, 5) is 3.42. The third-order valence-corrected chi connectivity index (χ3v) is 3.75. The molecule has 0 saturated carbocycles. The van der Waals surface area contributed by atoms with Crippen molar-refractivity contribution in [2.24, 2.45) is 5.73 Å². The van der Waals surface area contributed by atoms with E-state index in [1.807, 2.05) is 0 Å². The lowest BCUT2D eigenvalue weighted by Gasteiger charge is -2.24. The van der Waals surface area contributed by atoms with Gasteiger partial charge in [-0.1, -0.05) is 26.0 Å². The predicted molar refractivity (Wildman–Crippen MR) is 74.5 cm³/mol. The fraction of sp³-hybridized carbons (Fsp3) is 0.467. The molecule has 0 atom stereocenters. The van der Waals surface area contributed by atoms with Crippen molar-refractivity contribution in [3.63, 3.8) is 0 Å². The largest absolute Gasteiger partial charge is 0.361 e. The molecule has 0 bridgehead atoms. The Morgan fingerprint density at radius 1 is 1.18 bits per heavy atom. The average Bonchev–Trinajstić information content (AvgIpc) is 2.69. The lowest BCUT2D eigenvalue weighted by atomic mass is 9.80. The Kier molecular flexibility index (Phi) is 3.00. The third-order valence-electron chi connectivity index (χ3n) is 3.75. The molecule has 0 fully saturated rings. The van der Waals surface area contributed by atoms with Crippen molar-refractivity contribution >= 4 is 10.9 Å². The molecule has 1 aromatic carbocycles. The number of hydrogen-bond acceptors (Lipinski definition) is 1. The second kappa shape index (κ2) is 4.19. The first-order valence-corrected chi connectivity index (χ1v) is 6.25. The minimum atomic E-state index is 0.131. The van der Waals surface area contributed by atoms with Gasteiger partial charge in [-0.05, 0) is 48.9 Å². The van der Waals surface area contributed by atoms with Crippen LogP contribution in [0.5, 0.6) is 0 Å². The molecule has 0 aliphatic carbocycles. The summed E-state index contributed by atoms with van der Waals surface area (Å²) in [5.41, 5.74) is 11.2. The van der Waals surface area contributed by atoms with Crippen LogP contribution in [0.2, 0.25) is 0 Å². The van der Waals surface area contributed by atoms with E-state index >= 15 is 0 Å². The highest BCUT2D eigenvalue weighted by Gasteiger charge is 2.24. The molecular weight excluding hydrogens is 208 g/mol. The Balaban J connectivity index is 2.68. The van der Waals surface area contributed by atoms with Crippen molar-refractivity contribution in [2.75, 3.05) is 6.54 Å². The number of nitrogens with two attached hydrogens (primary N) is 1. The molecule has 92 valence electrons. The van der Waals surface area contributed by atoms with Gasteiger partial charge in [0.25, 0.3) is 0 Å². The van der Waals surface area contributed by atoms with Crippen LogP contribution in [-0.2, 0) is 5.41 Å². The topological polar surface area (TPSA) is 41.8 Å². The maximum atomic E-state index is 5.72. The zero-order chi connectivity index (χ0) is 12.6. The zero-order valence-electron chi connectivity index (χ0n) is 11.2. The number of aryl methyl sites for hydroxylation is 2. The molecular formula is C15H22N2. The van der Waals surface area contributed by atoms with Crippen LogP contribution in [0.15, 0.2) is 18.3 Å². The Labute approximate surface area is 103 Å². The van der Waals surface area contributed by atoms with Crippen LogP contribution in [0.1, 0.15) is 37.0 Å². The molecule has 1 heterocycles. The highest BCUT2D eigenvalue weighted by Crippen LogP contribution is 2.35. The van der Waals surface area contributed by atoms with Gasteiger partial charge in [0.2, 0.25) is 0 Å². The summed E-state index contributed by atoms with van der Waals surface area (Å²) in [6, 6.07) is 4.38. The number of nitrogens with one attached hydrogen (secondary N) is 1. The molecule has 0 aliphatic heterocycles. The number of rotatable bonds is 3. The Morgan fingerprint density at radius 2 is 1.82 bits per heavy atom. The summed E-state index contributed by atoms with van der Waals surface area (Å²) in [6.07, 6.45) is 3.16. The molecule has 3 N–H and O–H groups in total. The van der Waals surface area contributed by atoms with Crippen LogP contribution in [0, 0.1) is 13.8 Å². The summed E-state index contributed by atoms with van der Waals surface area (Å²) in [6.45, 7) is 9.59. The summed E-state index contributed by atoms with van der Waals surface area (Å²) in [5, 5.41) is 1.38. The van der Waals surface area contributed by atoms with Gasteiger partial charge in [0.15, 0.2) is 0 Å². The van der Waals surface area contributed by atoms with Gasteiger partial charge >= 0.3 is 0 Å². The van der Waals surface area contributed by atoms with Gasteiger partial charge in [-0.15, -0.1) is 0 Å². The molecule has 2 heteroatoms. The molecule has 2 nitrogen and oxygen atoms in total. The lowest BCUT2D eigenvalue weighted by Crippen LogP contribution is -2.21. The Hall–Kier alpha value is -1.28. The van der Waals surface area contributed by atoms with Crippen molar-refractivity contribution in [2.45, 2.75) is 39.5 Å². The molecule has 2 rings (SSSR count). The van der Waals surface area contributed by atoms with Crippen molar-refractivity contribution in [1.29, 1.82) is 0 Å². The van der Waals surface area contributed by atoms with Gasteiger partial charge in [0.1, 0.15) is 0 Å². The maximum absolute atomic E-state index is 5.72. The number of aromatic nitrogens is 1. The first-order valence-electron chi connectivity index (χ1n) is 6.25. The van der Waals surface area contributed by atoms with Crippen molar-refractivity contribution < 1.29 is 0 Å². The second-order valence-electron chi connectivity index (χ2n) is 5.57. The molecule has 0 saturated heterocycles. The smallest absolute Gasteiger partial charge is 0.0489 e. The van der Waals surface area contributed by atoms with E-state index in [0.29, 0.717) is 0 Å². The maximum Gasteiger partial charge on any atom is 0.0489 e. The van der Waals surface area contributed by atoms with E-state index in [2.05, 4.69) is 51.0 Å². The number of H-pyrrole nitrogens is 1. The van der Waals surface area contributed by atoms with Gasteiger partial charge < -0.3 is 10.7 Å². The Bertz CT molecular complexity index is 535. The van der Waals surface area contributed by atoms with Gasteiger partial charge in [-0.3, -0.25) is 0 Å². The van der Waals surface area contributed by atoms with E-state index < -0.39 is 0 Å². The van der Waals surface area contributed by atoms with Gasteiger partial charge in [-0.25, -0.2) is 0 Å². The average molecular weight is 230 g/mol. The summed E-state index contributed by atoms with van der Waals surface area (Å²) >= 11 is 0. The standard InChI is InChI=1S/C15H22N2/c1-10-5-6-11(2)14-13(10)12(9-17-14)15(3,4)7-8-16/h5-6,9,17H,7-8,16H2,1-4H3. The third kappa shape index (κ3) is 1.98. The molecule has 2 aromatic rings. The SMILES string of the molecule is Cc1ccc(C)c2c(C(C)(C)CCN)c[nH]c12. The van der Waals surface area contributed by atoms with Crippen LogP contribution in [0.4, 0.5) is 0 Å². The first kappa shape index (κ1) is 12.2. The normalized spacial score (nSPS) is 12.3. The Morgan fingerprint density at radius 3 is 2.47 bits per heavy atom. The van der Waals surface area contributed by atoms with Gasteiger partial charge in [0.05, 0.1) is 0 Å². The lowest BCUT2D eigenvalue weighted by molar-refractivity contribution is 0.491. The van der Waals surface area contributed by atoms with Crippen LogP contribution in [0.3, 0.4) is 0 Å².